The molecule has 1 fully saturated rings. The number of fused-ring (bicyclic) bond motifs is 3. The molecule has 3 heteroatoms. The largest absolute Gasteiger partial charge is 0.375 e. The van der Waals surface area contributed by atoms with Crippen LogP contribution in [0.5, 0.6) is 0 Å². The van der Waals surface area contributed by atoms with Gasteiger partial charge in [0.1, 0.15) is 0 Å². The maximum atomic E-state index is 3.58. The summed E-state index contributed by atoms with van der Waals surface area (Å²) in [7, 11) is 2.18. The van der Waals surface area contributed by atoms with E-state index in [1.165, 1.54) is 22.4 Å². The summed E-state index contributed by atoms with van der Waals surface area (Å²) in [4.78, 5) is 4.99. The molecular formula is C21H27N3. The van der Waals surface area contributed by atoms with Crippen LogP contribution >= 0.6 is 0 Å². The molecule has 126 valence electrons. The summed E-state index contributed by atoms with van der Waals surface area (Å²) in [5, 5.41) is 3.58. The highest BCUT2D eigenvalue weighted by Crippen LogP contribution is 2.41. The van der Waals surface area contributed by atoms with Crippen LogP contribution in [0.1, 0.15) is 35.6 Å². The van der Waals surface area contributed by atoms with Gasteiger partial charge >= 0.3 is 0 Å². The van der Waals surface area contributed by atoms with Gasteiger partial charge in [-0.25, -0.2) is 0 Å². The van der Waals surface area contributed by atoms with E-state index in [4.69, 9.17) is 0 Å². The van der Waals surface area contributed by atoms with Crippen molar-refractivity contribution in [1.29, 1.82) is 0 Å². The third kappa shape index (κ3) is 2.72. The third-order valence-electron chi connectivity index (χ3n) is 5.69. The zero-order chi connectivity index (χ0) is 16.5. The van der Waals surface area contributed by atoms with Gasteiger partial charge in [-0.2, -0.15) is 0 Å². The number of piperazine rings is 1. The monoisotopic (exact) mass is 321 g/mol. The molecule has 0 bridgehead atoms. The van der Waals surface area contributed by atoms with Crippen LogP contribution in [0, 0.1) is 0 Å². The molecule has 0 radical (unpaired) electrons. The Balaban J connectivity index is 1.81. The molecule has 1 N–H and O–H groups in total. The molecule has 0 aromatic heterocycles. The Morgan fingerprint density at radius 3 is 2.75 bits per heavy atom. The fraction of sp³-hybridized carbons (Fsp3) is 0.429. The van der Waals surface area contributed by atoms with Crippen LogP contribution in [-0.4, -0.2) is 44.7 Å². The lowest BCUT2D eigenvalue weighted by atomic mass is 9.80. The minimum Gasteiger partial charge on any atom is -0.375 e. The number of benzene rings is 2. The second kappa shape index (κ2) is 6.58. The third-order valence-corrected chi connectivity index (χ3v) is 5.69. The Kier molecular flexibility index (Phi) is 4.30. The smallest absolute Gasteiger partial charge is 0.0476 e. The van der Waals surface area contributed by atoms with E-state index in [0.29, 0.717) is 12.0 Å². The van der Waals surface area contributed by atoms with Crippen molar-refractivity contribution in [2.75, 3.05) is 44.7 Å². The minimum absolute atomic E-state index is 0.473. The Morgan fingerprint density at radius 2 is 1.96 bits per heavy atom. The second-order valence-corrected chi connectivity index (χ2v) is 7.01. The molecule has 2 atom stereocenters. The van der Waals surface area contributed by atoms with Crippen molar-refractivity contribution >= 4 is 5.69 Å². The van der Waals surface area contributed by atoms with E-state index in [1.807, 2.05) is 0 Å². The van der Waals surface area contributed by atoms with Crippen LogP contribution in [0.25, 0.3) is 0 Å². The molecule has 2 aromatic rings. The van der Waals surface area contributed by atoms with Crippen molar-refractivity contribution in [2.45, 2.75) is 18.9 Å². The first-order valence-electron chi connectivity index (χ1n) is 9.12. The predicted octanol–water partition coefficient (Wildman–Crippen LogP) is 3.23. The average molecular weight is 321 g/mol. The van der Waals surface area contributed by atoms with Gasteiger partial charge in [0.2, 0.25) is 0 Å². The van der Waals surface area contributed by atoms with Crippen LogP contribution in [0.15, 0.2) is 48.5 Å². The van der Waals surface area contributed by atoms with E-state index in [2.05, 4.69) is 77.6 Å². The lowest BCUT2D eigenvalue weighted by Crippen LogP contribution is -2.50. The summed E-state index contributed by atoms with van der Waals surface area (Å²) >= 11 is 0. The highest BCUT2D eigenvalue weighted by Gasteiger charge is 2.35. The highest BCUT2D eigenvalue weighted by atomic mass is 15.2. The van der Waals surface area contributed by atoms with Gasteiger partial charge in [-0.05, 0) is 35.7 Å². The molecule has 0 saturated carbocycles. The topological polar surface area (TPSA) is 18.5 Å². The van der Waals surface area contributed by atoms with Gasteiger partial charge in [-0.1, -0.05) is 36.4 Å². The molecule has 1 saturated heterocycles. The van der Waals surface area contributed by atoms with Gasteiger partial charge in [0, 0.05) is 57.4 Å². The van der Waals surface area contributed by atoms with Crippen LogP contribution in [0.2, 0.25) is 0 Å². The van der Waals surface area contributed by atoms with E-state index < -0.39 is 0 Å². The van der Waals surface area contributed by atoms with Crippen molar-refractivity contribution in [3.63, 3.8) is 0 Å². The van der Waals surface area contributed by atoms with Gasteiger partial charge in [-0.15, -0.1) is 0 Å². The number of nitrogens with zero attached hydrogens (tertiary/aromatic N) is 2. The molecule has 2 aliphatic heterocycles. The zero-order valence-electron chi connectivity index (χ0n) is 14.7. The lowest BCUT2D eigenvalue weighted by Gasteiger charge is -2.44. The maximum Gasteiger partial charge on any atom is 0.0476 e. The summed E-state index contributed by atoms with van der Waals surface area (Å²) in [6, 6.07) is 18.6. The molecule has 2 aromatic carbocycles. The molecule has 4 rings (SSSR count). The van der Waals surface area contributed by atoms with Crippen molar-refractivity contribution in [3.8, 4) is 0 Å². The predicted molar refractivity (Wildman–Crippen MR) is 101 cm³/mol. The fourth-order valence-electron chi connectivity index (χ4n) is 4.16. The van der Waals surface area contributed by atoms with Crippen LogP contribution in [-0.2, 0) is 0 Å². The van der Waals surface area contributed by atoms with Gasteiger partial charge in [0.25, 0.3) is 0 Å². The second-order valence-electron chi connectivity index (χ2n) is 7.01. The van der Waals surface area contributed by atoms with E-state index in [9.17, 15) is 0 Å². The first-order valence-corrected chi connectivity index (χ1v) is 9.12. The summed E-state index contributed by atoms with van der Waals surface area (Å²) < 4.78 is 0. The molecule has 3 nitrogen and oxygen atoms in total. The highest BCUT2D eigenvalue weighted by molar-refractivity contribution is 5.55. The Labute approximate surface area is 145 Å². The van der Waals surface area contributed by atoms with Gasteiger partial charge in [0.05, 0.1) is 0 Å². The average Bonchev–Trinajstić information content (AvgIpc) is 2.67. The Morgan fingerprint density at radius 1 is 1.12 bits per heavy atom. The lowest BCUT2D eigenvalue weighted by molar-refractivity contribution is 0.143. The Bertz CT molecular complexity index is 697. The number of rotatable bonds is 3. The molecule has 0 amide bonds. The van der Waals surface area contributed by atoms with E-state index in [0.717, 1.165) is 32.7 Å². The fourth-order valence-corrected chi connectivity index (χ4v) is 4.16. The van der Waals surface area contributed by atoms with E-state index in [-0.39, 0.29) is 0 Å². The van der Waals surface area contributed by atoms with Crippen molar-refractivity contribution in [1.82, 2.24) is 10.2 Å². The molecule has 2 heterocycles. The first kappa shape index (κ1) is 15.7. The van der Waals surface area contributed by atoms with Crippen molar-refractivity contribution in [3.05, 3.63) is 65.2 Å². The Hall–Kier alpha value is -1.84. The van der Waals surface area contributed by atoms with Crippen molar-refractivity contribution < 1.29 is 0 Å². The van der Waals surface area contributed by atoms with E-state index >= 15 is 0 Å². The van der Waals surface area contributed by atoms with Gasteiger partial charge < -0.3 is 10.2 Å². The minimum atomic E-state index is 0.473. The molecular weight excluding hydrogens is 294 g/mol. The summed E-state index contributed by atoms with van der Waals surface area (Å²) in [5.41, 5.74) is 5.79. The molecule has 0 spiro atoms. The van der Waals surface area contributed by atoms with Crippen LogP contribution in [0.4, 0.5) is 5.69 Å². The number of nitrogens with one attached hydrogen (secondary N) is 1. The normalized spacial score (nSPS) is 23.4. The number of hydrogen-bond acceptors (Lipinski definition) is 3. The van der Waals surface area contributed by atoms with Crippen LogP contribution < -0.4 is 10.2 Å². The number of hydrogen-bond donors (Lipinski definition) is 1. The number of anilines is 1. The van der Waals surface area contributed by atoms with Crippen LogP contribution in [0.3, 0.4) is 0 Å². The van der Waals surface area contributed by atoms with E-state index in [1.54, 1.807) is 0 Å². The zero-order valence-corrected chi connectivity index (χ0v) is 14.7. The van der Waals surface area contributed by atoms with Gasteiger partial charge in [0.15, 0.2) is 0 Å². The summed E-state index contributed by atoms with van der Waals surface area (Å²) in [6.07, 6.45) is 0. The molecule has 24 heavy (non-hydrogen) atoms. The first-order chi connectivity index (χ1) is 11.8. The maximum absolute atomic E-state index is 3.58. The SMILES string of the molecule is CCN(C)c1ccc2c(c1)[C@H](c1ccccc1)CN1CCNC[C@@H]21. The summed E-state index contributed by atoms with van der Waals surface area (Å²) in [6.45, 7) is 7.68. The quantitative estimate of drug-likeness (QED) is 0.936. The van der Waals surface area contributed by atoms with Gasteiger partial charge in [-0.3, -0.25) is 4.90 Å². The summed E-state index contributed by atoms with van der Waals surface area (Å²) in [5.74, 6) is 0.473. The standard InChI is InChI=1S/C21H27N3/c1-3-23(2)17-9-10-18-19(13-17)20(16-7-5-4-6-8-16)15-24-12-11-22-14-21(18)24/h4-10,13,20-22H,3,11-12,14-15H2,1-2H3/t20-,21-/m0/s1. The van der Waals surface area contributed by atoms with Crippen molar-refractivity contribution in [2.24, 2.45) is 0 Å². The molecule has 0 unspecified atom stereocenters. The molecule has 0 aliphatic carbocycles. The molecule has 2 aliphatic rings.